The summed E-state index contributed by atoms with van der Waals surface area (Å²) in [4.78, 5) is 13.6. The molecule has 4 rings (SSSR count). The summed E-state index contributed by atoms with van der Waals surface area (Å²) in [7, 11) is 1.67. The number of carbonyl (C=O) groups is 1. The maximum atomic E-state index is 10.5. The summed E-state index contributed by atoms with van der Waals surface area (Å²) in [5.41, 5.74) is 6.15. The lowest BCUT2D eigenvalue weighted by molar-refractivity contribution is -0.132. The van der Waals surface area contributed by atoms with Crippen LogP contribution < -0.4 is 10.5 Å². The summed E-state index contributed by atoms with van der Waals surface area (Å²) in [6.45, 7) is 0.688. The summed E-state index contributed by atoms with van der Waals surface area (Å²) >= 11 is 0. The number of benzene rings is 1. The molecule has 0 radical (unpaired) electrons. The molecule has 2 aliphatic rings. The maximum Gasteiger partial charge on any atom is 0.246 e. The van der Waals surface area contributed by atoms with E-state index in [1.165, 1.54) is 43.9 Å². The molecule has 1 atom stereocenters. The van der Waals surface area contributed by atoms with Crippen LogP contribution in [0.5, 0.6) is 5.75 Å². The highest BCUT2D eigenvalue weighted by molar-refractivity contribution is 5.80. The van der Waals surface area contributed by atoms with Crippen molar-refractivity contribution in [3.63, 3.8) is 0 Å². The van der Waals surface area contributed by atoms with Crippen molar-refractivity contribution in [1.29, 1.82) is 0 Å². The average Bonchev–Trinajstić information content (AvgIpc) is 3.18. The number of methoxy groups -OCH3 is 1. The van der Waals surface area contributed by atoms with Gasteiger partial charge < -0.3 is 20.2 Å². The third-order valence-corrected chi connectivity index (χ3v) is 4.76. The lowest BCUT2D eigenvalue weighted by Gasteiger charge is -2.18. The van der Waals surface area contributed by atoms with Gasteiger partial charge in [0.25, 0.3) is 0 Å². The van der Waals surface area contributed by atoms with Gasteiger partial charge in [-0.05, 0) is 43.5 Å². The van der Waals surface area contributed by atoms with E-state index in [4.69, 9.17) is 15.2 Å². The van der Waals surface area contributed by atoms with Gasteiger partial charge in [0.1, 0.15) is 11.9 Å². The standard InChI is InChI=1S/C9H9NO.C6H11NO2.C6H12/c1-11-8-2-3-9-7(6-8)4-5-10-9;7-6(8)5-3-1-2-4-9-5;1-2-4-6-5-3-1/h2-6,10H,1H3;5H,1-4H2,(H2,7,8);1-6H2/t;5-;/m.0./s1. The molecule has 5 nitrogen and oxygen atoms in total. The zero-order valence-corrected chi connectivity index (χ0v) is 15.8. The highest BCUT2D eigenvalue weighted by Crippen LogP contribution is 2.18. The van der Waals surface area contributed by atoms with Crippen molar-refractivity contribution in [2.24, 2.45) is 5.73 Å². The maximum absolute atomic E-state index is 10.5. The first kappa shape index (κ1) is 20.3. The van der Waals surface area contributed by atoms with E-state index in [0.29, 0.717) is 6.61 Å². The van der Waals surface area contributed by atoms with Crippen molar-refractivity contribution >= 4 is 16.8 Å². The Morgan fingerprint density at radius 2 is 1.77 bits per heavy atom. The lowest BCUT2D eigenvalue weighted by atomic mass is 10.0. The number of ether oxygens (including phenoxy) is 2. The van der Waals surface area contributed by atoms with Gasteiger partial charge in [-0.25, -0.2) is 0 Å². The molecule has 1 aromatic carbocycles. The first-order chi connectivity index (χ1) is 12.7. The number of nitrogens with two attached hydrogens (primary N) is 1. The fraction of sp³-hybridized carbons (Fsp3) is 0.571. The highest BCUT2D eigenvalue weighted by atomic mass is 16.5. The monoisotopic (exact) mass is 360 g/mol. The minimum absolute atomic E-state index is 0.307. The summed E-state index contributed by atoms with van der Waals surface area (Å²) in [6, 6.07) is 7.98. The molecule has 26 heavy (non-hydrogen) atoms. The van der Waals surface area contributed by atoms with Gasteiger partial charge in [0, 0.05) is 23.7 Å². The van der Waals surface area contributed by atoms with E-state index < -0.39 is 0 Å². The van der Waals surface area contributed by atoms with Crippen LogP contribution in [0.3, 0.4) is 0 Å². The Bertz CT molecular complexity index is 632. The van der Waals surface area contributed by atoms with Gasteiger partial charge >= 0.3 is 0 Å². The normalized spacial score (nSPS) is 19.5. The number of carbonyl (C=O) groups excluding carboxylic acids is 1. The molecule has 2 aromatic rings. The molecular formula is C21H32N2O3. The second-order valence-electron chi connectivity index (χ2n) is 6.81. The predicted octanol–water partition coefficient (Wildman–Crippen LogP) is 4.56. The SMILES string of the molecule is C1CCCCC1.COc1ccc2[nH]ccc2c1.NC(=O)[C@@H]1CCCCO1. The van der Waals surface area contributed by atoms with Crippen molar-refractivity contribution in [1.82, 2.24) is 4.98 Å². The predicted molar refractivity (Wildman–Crippen MR) is 105 cm³/mol. The first-order valence-electron chi connectivity index (χ1n) is 9.73. The van der Waals surface area contributed by atoms with Crippen molar-refractivity contribution < 1.29 is 14.3 Å². The van der Waals surface area contributed by atoms with Crippen LogP contribution in [0.4, 0.5) is 0 Å². The molecule has 0 unspecified atom stereocenters. The van der Waals surface area contributed by atoms with Gasteiger partial charge in [-0.15, -0.1) is 0 Å². The zero-order chi connectivity index (χ0) is 18.6. The largest absolute Gasteiger partial charge is 0.497 e. The Morgan fingerprint density at radius 1 is 1.08 bits per heavy atom. The van der Waals surface area contributed by atoms with Gasteiger partial charge in [0.15, 0.2) is 0 Å². The summed E-state index contributed by atoms with van der Waals surface area (Å²) in [5.74, 6) is 0.576. The Balaban J connectivity index is 0.000000147. The molecular weight excluding hydrogens is 328 g/mol. The number of hydrogen-bond donors (Lipinski definition) is 2. The third kappa shape index (κ3) is 7.08. The van der Waals surface area contributed by atoms with Crippen LogP contribution in [-0.4, -0.2) is 30.7 Å². The molecule has 1 aliphatic heterocycles. The Labute approximate surface area is 156 Å². The van der Waals surface area contributed by atoms with E-state index in [1.807, 2.05) is 30.5 Å². The molecule has 0 bridgehead atoms. The Kier molecular flexibility index (Phi) is 9.04. The molecule has 0 spiro atoms. The number of aromatic nitrogens is 1. The van der Waals surface area contributed by atoms with E-state index in [-0.39, 0.29) is 12.0 Å². The minimum atomic E-state index is -0.324. The van der Waals surface area contributed by atoms with E-state index in [0.717, 1.165) is 30.5 Å². The number of hydrogen-bond acceptors (Lipinski definition) is 3. The van der Waals surface area contributed by atoms with Crippen LogP contribution in [0.25, 0.3) is 10.9 Å². The fourth-order valence-corrected chi connectivity index (χ4v) is 3.18. The van der Waals surface area contributed by atoms with E-state index in [9.17, 15) is 4.79 Å². The number of nitrogens with one attached hydrogen (secondary N) is 1. The highest BCUT2D eigenvalue weighted by Gasteiger charge is 2.18. The van der Waals surface area contributed by atoms with Gasteiger partial charge in [0.2, 0.25) is 5.91 Å². The number of amides is 1. The van der Waals surface area contributed by atoms with Gasteiger partial charge in [-0.3, -0.25) is 4.79 Å². The molecule has 5 heteroatoms. The minimum Gasteiger partial charge on any atom is -0.497 e. The quantitative estimate of drug-likeness (QED) is 0.824. The van der Waals surface area contributed by atoms with Crippen LogP contribution >= 0.6 is 0 Å². The molecule has 1 saturated heterocycles. The van der Waals surface area contributed by atoms with Crippen LogP contribution in [0.2, 0.25) is 0 Å². The third-order valence-electron chi connectivity index (χ3n) is 4.76. The number of H-pyrrole nitrogens is 1. The van der Waals surface area contributed by atoms with Crippen LogP contribution in [0.15, 0.2) is 30.5 Å². The molecule has 3 N–H and O–H groups in total. The number of aromatic amines is 1. The lowest BCUT2D eigenvalue weighted by Crippen LogP contribution is -2.33. The van der Waals surface area contributed by atoms with Crippen molar-refractivity contribution in [2.75, 3.05) is 13.7 Å². The summed E-state index contributed by atoms with van der Waals surface area (Å²) in [5, 5.41) is 1.18. The van der Waals surface area contributed by atoms with Gasteiger partial charge in [-0.1, -0.05) is 38.5 Å². The second-order valence-corrected chi connectivity index (χ2v) is 6.81. The van der Waals surface area contributed by atoms with Crippen molar-refractivity contribution in [3.05, 3.63) is 30.5 Å². The summed E-state index contributed by atoms with van der Waals surface area (Å²) < 4.78 is 10.1. The summed E-state index contributed by atoms with van der Waals surface area (Å²) in [6.07, 6.45) is 13.5. The molecule has 1 aromatic heterocycles. The molecule has 2 heterocycles. The van der Waals surface area contributed by atoms with Crippen molar-refractivity contribution in [3.8, 4) is 5.75 Å². The second kappa shape index (κ2) is 11.6. The van der Waals surface area contributed by atoms with Gasteiger partial charge in [-0.2, -0.15) is 0 Å². The fourth-order valence-electron chi connectivity index (χ4n) is 3.18. The van der Waals surface area contributed by atoms with E-state index >= 15 is 0 Å². The van der Waals surface area contributed by atoms with Crippen LogP contribution in [0, 0.1) is 0 Å². The Morgan fingerprint density at radius 3 is 2.27 bits per heavy atom. The van der Waals surface area contributed by atoms with Crippen LogP contribution in [0.1, 0.15) is 57.8 Å². The average molecular weight is 360 g/mol. The molecule has 1 aliphatic carbocycles. The molecule has 2 fully saturated rings. The molecule has 1 amide bonds. The molecule has 144 valence electrons. The Hall–Kier alpha value is -2.01. The zero-order valence-electron chi connectivity index (χ0n) is 15.8. The smallest absolute Gasteiger partial charge is 0.246 e. The number of fused-ring (bicyclic) bond motifs is 1. The number of primary amides is 1. The van der Waals surface area contributed by atoms with Crippen LogP contribution in [-0.2, 0) is 9.53 Å². The molecule has 1 saturated carbocycles. The van der Waals surface area contributed by atoms with E-state index in [1.54, 1.807) is 7.11 Å². The number of rotatable bonds is 2. The van der Waals surface area contributed by atoms with Crippen molar-refractivity contribution in [2.45, 2.75) is 63.9 Å². The van der Waals surface area contributed by atoms with Gasteiger partial charge in [0.05, 0.1) is 7.11 Å². The first-order valence-corrected chi connectivity index (χ1v) is 9.73. The topological polar surface area (TPSA) is 77.3 Å². The van der Waals surface area contributed by atoms with E-state index in [2.05, 4.69) is 4.98 Å².